The molecule has 128 valence electrons. The van der Waals surface area contributed by atoms with Crippen LogP contribution in [0.15, 0.2) is 24.5 Å². The molecular formula is C14H15F3N6O. The number of tetrazole rings is 1. The summed E-state index contributed by atoms with van der Waals surface area (Å²) in [6.45, 7) is 0.744. The molecule has 0 bridgehead atoms. The molecule has 1 saturated heterocycles. The zero-order valence-electron chi connectivity index (χ0n) is 12.8. The molecule has 2 aromatic rings. The van der Waals surface area contributed by atoms with Gasteiger partial charge in [-0.1, -0.05) is 0 Å². The van der Waals surface area contributed by atoms with Crippen LogP contribution in [-0.4, -0.2) is 56.3 Å². The molecule has 1 fully saturated rings. The Hall–Kier alpha value is -2.65. The van der Waals surface area contributed by atoms with Crippen molar-refractivity contribution in [3.05, 3.63) is 30.1 Å². The lowest BCUT2D eigenvalue weighted by atomic mass is 10.1. The van der Waals surface area contributed by atoms with Crippen LogP contribution in [-0.2, 0) is 4.79 Å². The largest absolute Gasteiger partial charge is 0.406 e. The van der Waals surface area contributed by atoms with E-state index in [9.17, 15) is 18.0 Å². The van der Waals surface area contributed by atoms with E-state index in [1.165, 1.54) is 11.0 Å². The van der Waals surface area contributed by atoms with Crippen LogP contribution in [0, 0.1) is 6.92 Å². The predicted octanol–water partition coefficient (Wildman–Crippen LogP) is 1.55. The van der Waals surface area contributed by atoms with Crippen LogP contribution in [0.25, 0.3) is 5.69 Å². The van der Waals surface area contributed by atoms with Crippen molar-refractivity contribution in [3.8, 4) is 5.69 Å². The molecule has 1 aliphatic rings. The second kappa shape index (κ2) is 6.10. The van der Waals surface area contributed by atoms with Crippen molar-refractivity contribution in [2.45, 2.75) is 25.6 Å². The fraction of sp³-hybridized carbons (Fsp3) is 0.429. The topological polar surface area (TPSA) is 75.9 Å². The molecule has 1 aromatic carbocycles. The molecule has 0 aliphatic carbocycles. The van der Waals surface area contributed by atoms with Crippen LogP contribution in [0.3, 0.4) is 0 Å². The van der Waals surface area contributed by atoms with Gasteiger partial charge in [0.2, 0.25) is 5.91 Å². The number of benzene rings is 1. The number of aromatic nitrogens is 4. The lowest BCUT2D eigenvalue weighted by Crippen LogP contribution is -2.39. The molecule has 3 rings (SSSR count). The summed E-state index contributed by atoms with van der Waals surface area (Å²) in [4.78, 5) is 12.9. The number of amides is 1. The van der Waals surface area contributed by atoms with E-state index in [4.69, 9.17) is 0 Å². The number of nitrogens with one attached hydrogen (secondary N) is 1. The summed E-state index contributed by atoms with van der Waals surface area (Å²) in [5.74, 6) is -0.533. The zero-order chi connectivity index (χ0) is 17.3. The van der Waals surface area contributed by atoms with E-state index >= 15 is 0 Å². The standard InChI is InChI=1S/C14H15F3N6O/c1-9-6-10(2-3-12(9)23-8-18-20-21-23)19-11-4-5-22(13(11)24)7-14(15,16)17/h2-3,6,8,11,19H,4-5,7H2,1H3/t11-/m1/s1. The molecule has 7 nitrogen and oxygen atoms in total. The minimum atomic E-state index is -4.38. The smallest absolute Gasteiger partial charge is 0.374 e. The Balaban J connectivity index is 1.69. The van der Waals surface area contributed by atoms with Gasteiger partial charge in [-0.2, -0.15) is 13.2 Å². The number of aryl methyl sites for hydroxylation is 1. The van der Waals surface area contributed by atoms with E-state index in [0.717, 1.165) is 16.2 Å². The van der Waals surface area contributed by atoms with Gasteiger partial charge in [-0.15, -0.1) is 5.10 Å². The number of anilines is 1. The first-order valence-corrected chi connectivity index (χ1v) is 7.29. The second-order valence-electron chi connectivity index (χ2n) is 5.62. The van der Waals surface area contributed by atoms with E-state index in [1.54, 1.807) is 18.2 Å². The van der Waals surface area contributed by atoms with Crippen LogP contribution in [0.5, 0.6) is 0 Å². The highest BCUT2D eigenvalue weighted by molar-refractivity contribution is 5.86. The van der Waals surface area contributed by atoms with Crippen molar-refractivity contribution >= 4 is 11.6 Å². The number of carbonyl (C=O) groups is 1. The Bertz CT molecular complexity index is 731. The molecule has 2 heterocycles. The quantitative estimate of drug-likeness (QED) is 0.914. The van der Waals surface area contributed by atoms with Crippen molar-refractivity contribution < 1.29 is 18.0 Å². The van der Waals surface area contributed by atoms with Crippen molar-refractivity contribution in [2.75, 3.05) is 18.4 Å². The van der Waals surface area contributed by atoms with Gasteiger partial charge in [0, 0.05) is 12.2 Å². The van der Waals surface area contributed by atoms with Gasteiger partial charge in [-0.3, -0.25) is 4.79 Å². The third-order valence-corrected chi connectivity index (χ3v) is 3.80. The molecule has 1 atom stereocenters. The summed E-state index contributed by atoms with van der Waals surface area (Å²) in [7, 11) is 0. The molecule has 1 amide bonds. The van der Waals surface area contributed by atoms with Gasteiger partial charge in [-0.05, 0) is 47.5 Å². The molecule has 0 spiro atoms. The molecule has 10 heteroatoms. The highest BCUT2D eigenvalue weighted by atomic mass is 19.4. The Kier molecular flexibility index (Phi) is 4.12. The van der Waals surface area contributed by atoms with E-state index < -0.39 is 24.7 Å². The normalized spacial score (nSPS) is 18.2. The number of carbonyl (C=O) groups excluding carboxylic acids is 1. The number of nitrogens with zero attached hydrogens (tertiary/aromatic N) is 5. The average Bonchev–Trinajstić information content (AvgIpc) is 3.12. The third kappa shape index (κ3) is 3.47. The Morgan fingerprint density at radius 3 is 2.79 bits per heavy atom. The van der Waals surface area contributed by atoms with Gasteiger partial charge in [0.1, 0.15) is 18.9 Å². The lowest BCUT2D eigenvalue weighted by molar-refractivity contribution is -0.157. The van der Waals surface area contributed by atoms with E-state index in [0.29, 0.717) is 12.1 Å². The Morgan fingerprint density at radius 1 is 1.38 bits per heavy atom. The lowest BCUT2D eigenvalue weighted by Gasteiger charge is -2.19. The summed E-state index contributed by atoms with van der Waals surface area (Å²) in [5, 5.41) is 13.9. The first-order chi connectivity index (χ1) is 11.3. The number of alkyl halides is 3. The maximum atomic E-state index is 12.4. The summed E-state index contributed by atoms with van der Waals surface area (Å²) < 4.78 is 38.8. The fourth-order valence-corrected chi connectivity index (χ4v) is 2.72. The van der Waals surface area contributed by atoms with Crippen LogP contribution in [0.2, 0.25) is 0 Å². The molecular weight excluding hydrogens is 325 g/mol. The third-order valence-electron chi connectivity index (χ3n) is 3.80. The van der Waals surface area contributed by atoms with Crippen molar-refractivity contribution in [2.24, 2.45) is 0 Å². The van der Waals surface area contributed by atoms with Crippen LogP contribution in [0.1, 0.15) is 12.0 Å². The number of halogens is 3. The maximum Gasteiger partial charge on any atom is 0.406 e. The van der Waals surface area contributed by atoms with E-state index in [1.807, 2.05) is 6.92 Å². The molecule has 0 unspecified atom stereocenters. The molecule has 24 heavy (non-hydrogen) atoms. The summed E-state index contributed by atoms with van der Waals surface area (Å²) >= 11 is 0. The van der Waals surface area contributed by atoms with Crippen molar-refractivity contribution in [1.29, 1.82) is 0 Å². The Morgan fingerprint density at radius 2 is 2.17 bits per heavy atom. The fourth-order valence-electron chi connectivity index (χ4n) is 2.72. The van der Waals surface area contributed by atoms with Gasteiger partial charge in [0.05, 0.1) is 5.69 Å². The van der Waals surface area contributed by atoms with Crippen LogP contribution < -0.4 is 5.32 Å². The van der Waals surface area contributed by atoms with E-state index in [2.05, 4.69) is 20.8 Å². The van der Waals surface area contributed by atoms with Crippen molar-refractivity contribution in [3.63, 3.8) is 0 Å². The molecule has 0 saturated carbocycles. The number of likely N-dealkylation sites (tertiary alicyclic amines) is 1. The number of hydrogen-bond donors (Lipinski definition) is 1. The minimum Gasteiger partial charge on any atom is -0.374 e. The minimum absolute atomic E-state index is 0.0949. The molecule has 1 aliphatic heterocycles. The molecule has 1 N–H and O–H groups in total. The van der Waals surface area contributed by atoms with Gasteiger partial charge >= 0.3 is 6.18 Å². The predicted molar refractivity (Wildman–Crippen MR) is 78.6 cm³/mol. The highest BCUT2D eigenvalue weighted by Crippen LogP contribution is 2.24. The SMILES string of the molecule is Cc1cc(N[C@@H]2CCN(CC(F)(F)F)C2=O)ccc1-n1cnnn1. The number of hydrogen-bond acceptors (Lipinski definition) is 5. The van der Waals surface area contributed by atoms with Gasteiger partial charge in [0.25, 0.3) is 0 Å². The summed E-state index contributed by atoms with van der Waals surface area (Å²) in [6, 6.07) is 4.67. The zero-order valence-corrected chi connectivity index (χ0v) is 12.8. The molecule has 0 radical (unpaired) electrons. The average molecular weight is 340 g/mol. The summed E-state index contributed by atoms with van der Waals surface area (Å²) in [5.41, 5.74) is 2.31. The highest BCUT2D eigenvalue weighted by Gasteiger charge is 2.39. The number of rotatable bonds is 4. The van der Waals surface area contributed by atoms with Gasteiger partial charge < -0.3 is 10.2 Å². The van der Waals surface area contributed by atoms with Crippen LogP contribution in [0.4, 0.5) is 18.9 Å². The second-order valence-corrected chi connectivity index (χ2v) is 5.62. The van der Waals surface area contributed by atoms with E-state index in [-0.39, 0.29) is 6.54 Å². The first kappa shape index (κ1) is 16.2. The summed E-state index contributed by atoms with van der Waals surface area (Å²) in [6.07, 6.45) is -2.58. The van der Waals surface area contributed by atoms with Crippen molar-refractivity contribution in [1.82, 2.24) is 25.1 Å². The molecule has 1 aromatic heterocycles. The van der Waals surface area contributed by atoms with Gasteiger partial charge in [0.15, 0.2) is 0 Å². The first-order valence-electron chi connectivity index (χ1n) is 7.29. The Labute approximate surface area is 135 Å². The monoisotopic (exact) mass is 340 g/mol. The van der Waals surface area contributed by atoms with Gasteiger partial charge in [-0.25, -0.2) is 4.68 Å². The van der Waals surface area contributed by atoms with Crippen LogP contribution >= 0.6 is 0 Å². The maximum absolute atomic E-state index is 12.4.